The van der Waals surface area contributed by atoms with Crippen molar-refractivity contribution in [2.24, 2.45) is 0 Å². The van der Waals surface area contributed by atoms with Crippen molar-refractivity contribution in [1.82, 2.24) is 4.98 Å². The van der Waals surface area contributed by atoms with E-state index in [-0.39, 0.29) is 5.82 Å². The second kappa shape index (κ2) is 10.0. The zero-order chi connectivity index (χ0) is 27.0. The van der Waals surface area contributed by atoms with Gasteiger partial charge in [-0.2, -0.15) is 10.5 Å². The zero-order valence-electron chi connectivity index (χ0n) is 21.1. The molecule has 0 saturated carbocycles. The maximum absolute atomic E-state index is 9.83. The number of anilines is 1. The maximum Gasteiger partial charge on any atom is 0.175 e. The molecule has 6 nitrogen and oxygen atoms in total. The van der Waals surface area contributed by atoms with Crippen LogP contribution in [0.25, 0.3) is 28.0 Å². The lowest BCUT2D eigenvalue weighted by molar-refractivity contribution is 0.283. The van der Waals surface area contributed by atoms with Crippen LogP contribution in [0.1, 0.15) is 40.4 Å². The molecule has 1 heterocycles. The number of nitriles is 2. The Morgan fingerprint density at radius 2 is 1.82 bits per heavy atom. The highest BCUT2D eigenvalue weighted by Gasteiger charge is 2.29. The van der Waals surface area contributed by atoms with Crippen LogP contribution >= 0.6 is 15.9 Å². The summed E-state index contributed by atoms with van der Waals surface area (Å²) in [5, 5.41) is 21.7. The van der Waals surface area contributed by atoms with E-state index in [0.29, 0.717) is 40.5 Å². The minimum Gasteiger partial charge on any atom is -0.493 e. The van der Waals surface area contributed by atoms with E-state index in [9.17, 15) is 10.5 Å². The molecule has 0 saturated heterocycles. The normalized spacial score (nSPS) is 13.4. The molecule has 0 spiro atoms. The van der Waals surface area contributed by atoms with Gasteiger partial charge in [0.25, 0.3) is 0 Å². The summed E-state index contributed by atoms with van der Waals surface area (Å²) in [6.07, 6.45) is 1.96. The van der Waals surface area contributed by atoms with Crippen LogP contribution in [0.15, 0.2) is 64.6 Å². The van der Waals surface area contributed by atoms with E-state index in [2.05, 4.69) is 57.3 Å². The summed E-state index contributed by atoms with van der Waals surface area (Å²) in [7, 11) is 1.60. The minimum atomic E-state index is 0.127. The van der Waals surface area contributed by atoms with Gasteiger partial charge in [-0.15, -0.1) is 0 Å². The molecule has 0 amide bonds. The molecule has 0 atom stereocenters. The third-order valence-electron chi connectivity index (χ3n) is 6.80. The fraction of sp³-hybridized carbons (Fsp3) is 0.129. The number of nitrogens with zero attached hydrogens (tertiary/aromatic N) is 3. The molecule has 186 valence electrons. The summed E-state index contributed by atoms with van der Waals surface area (Å²) in [6, 6.07) is 22.6. The molecule has 1 aromatic heterocycles. The second-order valence-corrected chi connectivity index (χ2v) is 9.82. The van der Waals surface area contributed by atoms with Gasteiger partial charge >= 0.3 is 0 Å². The van der Waals surface area contributed by atoms with Gasteiger partial charge in [0, 0.05) is 5.56 Å². The van der Waals surface area contributed by atoms with Crippen molar-refractivity contribution in [3.8, 4) is 23.6 Å². The Hall–Kier alpha value is -4.59. The number of methoxy groups -OCH3 is 1. The molecule has 0 bridgehead atoms. The number of hydrogen-bond acceptors (Lipinski definition) is 6. The van der Waals surface area contributed by atoms with Crippen LogP contribution in [-0.2, 0) is 6.61 Å². The molecule has 0 aliphatic heterocycles. The molecule has 7 heteroatoms. The quantitative estimate of drug-likeness (QED) is 0.275. The number of pyridine rings is 1. The number of fused-ring (bicyclic) bond motifs is 2. The maximum atomic E-state index is 9.83. The standard InChI is InChI=1S/C31H23BrN4O2/c1-17-23(28-18(2)25(15-34)31(35)36-29(28)24(17)14-33)11-19-12-26(32)30(27(13-19)37-3)38-16-21-9-6-8-20-7-4-5-10-22(20)21/h4-13H,16H2,1-3H3,(H2,35,36). The second-order valence-electron chi connectivity index (χ2n) is 8.96. The molecule has 4 aromatic rings. The average molecular weight is 563 g/mol. The van der Waals surface area contributed by atoms with E-state index in [0.717, 1.165) is 43.1 Å². The number of hydrogen-bond donors (Lipinski definition) is 1. The van der Waals surface area contributed by atoms with Crippen molar-refractivity contribution in [3.63, 3.8) is 0 Å². The van der Waals surface area contributed by atoms with Crippen LogP contribution in [0.5, 0.6) is 11.5 Å². The highest BCUT2D eigenvalue weighted by Crippen LogP contribution is 2.45. The third kappa shape index (κ3) is 4.18. The molecule has 38 heavy (non-hydrogen) atoms. The van der Waals surface area contributed by atoms with Crippen molar-refractivity contribution < 1.29 is 9.47 Å². The van der Waals surface area contributed by atoms with Crippen LogP contribution in [0, 0.1) is 29.6 Å². The Bertz CT molecular complexity index is 1770. The van der Waals surface area contributed by atoms with Gasteiger partial charge in [0.1, 0.15) is 24.6 Å². The topological polar surface area (TPSA) is 105 Å². The lowest BCUT2D eigenvalue weighted by Gasteiger charge is -2.15. The zero-order valence-corrected chi connectivity index (χ0v) is 22.7. The fourth-order valence-corrected chi connectivity index (χ4v) is 5.47. The Kier molecular flexibility index (Phi) is 6.63. The summed E-state index contributed by atoms with van der Waals surface area (Å²) < 4.78 is 12.7. The summed E-state index contributed by atoms with van der Waals surface area (Å²) in [6.45, 7) is 4.08. The molecular formula is C31H23BrN4O2. The van der Waals surface area contributed by atoms with Gasteiger partial charge in [0.2, 0.25) is 0 Å². The molecule has 0 radical (unpaired) electrons. The first kappa shape index (κ1) is 25.1. The Balaban J connectivity index is 1.55. The number of benzene rings is 3. The first-order chi connectivity index (χ1) is 18.4. The van der Waals surface area contributed by atoms with E-state index in [1.807, 2.05) is 50.3 Å². The number of nitrogens with two attached hydrogens (primary N) is 1. The highest BCUT2D eigenvalue weighted by molar-refractivity contribution is 9.10. The number of allylic oxidation sites excluding steroid dienone is 3. The van der Waals surface area contributed by atoms with Gasteiger partial charge in [-0.1, -0.05) is 42.5 Å². The fourth-order valence-electron chi connectivity index (χ4n) is 4.89. The van der Waals surface area contributed by atoms with Gasteiger partial charge in [-0.05, 0) is 86.6 Å². The largest absolute Gasteiger partial charge is 0.493 e. The van der Waals surface area contributed by atoms with Crippen molar-refractivity contribution in [2.45, 2.75) is 20.5 Å². The van der Waals surface area contributed by atoms with Crippen molar-refractivity contribution in [1.29, 1.82) is 10.5 Å². The molecule has 1 aliphatic rings. The lowest BCUT2D eigenvalue weighted by atomic mass is 9.95. The van der Waals surface area contributed by atoms with E-state index < -0.39 is 0 Å². The molecule has 1 aliphatic carbocycles. The van der Waals surface area contributed by atoms with Crippen LogP contribution < -0.4 is 15.2 Å². The summed E-state index contributed by atoms with van der Waals surface area (Å²) >= 11 is 3.66. The first-order valence-electron chi connectivity index (χ1n) is 11.9. The van der Waals surface area contributed by atoms with Crippen molar-refractivity contribution in [2.75, 3.05) is 12.8 Å². The molecule has 5 rings (SSSR count). The van der Waals surface area contributed by atoms with Crippen LogP contribution in [0.3, 0.4) is 0 Å². The number of halogens is 1. The SMILES string of the molecule is COc1cc(C=C2C(C)=C(C#N)c3nc(N)c(C#N)c(C)c32)cc(Br)c1OCc1cccc2ccccc12. The molecule has 3 aromatic carbocycles. The summed E-state index contributed by atoms with van der Waals surface area (Å²) in [5.74, 6) is 1.29. The van der Waals surface area contributed by atoms with Crippen LogP contribution in [-0.4, -0.2) is 12.1 Å². The molecule has 0 unspecified atom stereocenters. The third-order valence-corrected chi connectivity index (χ3v) is 7.39. The number of rotatable bonds is 5. The van der Waals surface area contributed by atoms with E-state index >= 15 is 0 Å². The van der Waals surface area contributed by atoms with Gasteiger partial charge in [0.15, 0.2) is 11.5 Å². The van der Waals surface area contributed by atoms with Crippen molar-refractivity contribution >= 4 is 49.7 Å². The van der Waals surface area contributed by atoms with E-state index in [4.69, 9.17) is 15.2 Å². The number of ether oxygens (including phenoxy) is 2. The van der Waals surface area contributed by atoms with E-state index in [1.165, 1.54) is 0 Å². The smallest absolute Gasteiger partial charge is 0.175 e. The molecule has 0 fully saturated rings. The predicted octanol–water partition coefficient (Wildman–Crippen LogP) is 7.20. The average Bonchev–Trinajstić information content (AvgIpc) is 3.17. The minimum absolute atomic E-state index is 0.127. The van der Waals surface area contributed by atoms with Gasteiger partial charge < -0.3 is 15.2 Å². The summed E-state index contributed by atoms with van der Waals surface area (Å²) in [5.41, 5.74) is 12.2. The molecular weight excluding hydrogens is 540 g/mol. The van der Waals surface area contributed by atoms with Gasteiger partial charge in [0.05, 0.1) is 28.4 Å². The Morgan fingerprint density at radius 3 is 2.55 bits per heavy atom. The van der Waals surface area contributed by atoms with Crippen molar-refractivity contribution in [3.05, 3.63) is 98.2 Å². The van der Waals surface area contributed by atoms with E-state index in [1.54, 1.807) is 7.11 Å². The molecule has 2 N–H and O–H groups in total. The Morgan fingerprint density at radius 1 is 1.05 bits per heavy atom. The lowest BCUT2D eigenvalue weighted by Crippen LogP contribution is -2.03. The Labute approximate surface area is 229 Å². The number of nitrogen functional groups attached to an aromatic ring is 1. The highest BCUT2D eigenvalue weighted by atomic mass is 79.9. The number of aromatic nitrogens is 1. The predicted molar refractivity (Wildman–Crippen MR) is 153 cm³/mol. The monoisotopic (exact) mass is 562 g/mol. The van der Waals surface area contributed by atoms with Crippen LogP contribution in [0.4, 0.5) is 5.82 Å². The van der Waals surface area contributed by atoms with Gasteiger partial charge in [-0.25, -0.2) is 4.98 Å². The summed E-state index contributed by atoms with van der Waals surface area (Å²) in [4.78, 5) is 4.40. The van der Waals surface area contributed by atoms with Gasteiger partial charge in [-0.3, -0.25) is 0 Å². The van der Waals surface area contributed by atoms with Crippen LogP contribution in [0.2, 0.25) is 0 Å². The first-order valence-corrected chi connectivity index (χ1v) is 12.7.